The number of alkyl halides is 1. The zero-order valence-corrected chi connectivity index (χ0v) is 25.0. The van der Waals surface area contributed by atoms with Crippen molar-refractivity contribution in [3.63, 3.8) is 0 Å². The number of carbonyl (C=O) groups excluding carboxylic acids is 2. The van der Waals surface area contributed by atoms with E-state index in [0.717, 1.165) is 0 Å². The summed E-state index contributed by atoms with van der Waals surface area (Å²) >= 11 is 24.4. The Balaban J connectivity index is 0. The summed E-state index contributed by atoms with van der Waals surface area (Å²) in [4.78, 5) is 22.3. The van der Waals surface area contributed by atoms with Crippen LogP contribution in [0.5, 0.6) is 0 Å². The van der Waals surface area contributed by atoms with Gasteiger partial charge in [0, 0.05) is 93.1 Å². The van der Waals surface area contributed by atoms with Crippen LogP contribution in [0.2, 0.25) is 10.0 Å². The smallest absolute Gasteiger partial charge is 0.176 e. The molecule has 2 nitrogen and oxygen atoms in total. The quantitative estimate of drug-likeness (QED) is 0.175. The first-order chi connectivity index (χ1) is 12.8. The fourth-order valence-electron chi connectivity index (χ4n) is 1.74. The van der Waals surface area contributed by atoms with Crippen molar-refractivity contribution in [3.8, 4) is 0 Å². The van der Waals surface area contributed by atoms with E-state index in [-0.39, 0.29) is 16.4 Å². The summed E-state index contributed by atoms with van der Waals surface area (Å²) in [5.74, 6) is 0.185. The summed E-state index contributed by atoms with van der Waals surface area (Å²) < 4.78 is 0. The van der Waals surface area contributed by atoms with Gasteiger partial charge in [-0.25, -0.2) is 0 Å². The summed E-state index contributed by atoms with van der Waals surface area (Å²) in [5, 5.41) is 1.21. The number of benzene rings is 2. The van der Waals surface area contributed by atoms with Crippen molar-refractivity contribution in [2.24, 2.45) is 0 Å². The molecule has 0 radical (unpaired) electrons. The molecule has 0 saturated heterocycles. The minimum atomic E-state index is -0.157. The molecule has 0 amide bonds. The van der Waals surface area contributed by atoms with E-state index in [0.29, 0.717) is 27.6 Å². The average Bonchev–Trinajstić information content (AvgIpc) is 2.70. The topological polar surface area (TPSA) is 34.1 Å². The minimum absolute atomic E-state index is 0.0532. The minimum Gasteiger partial charge on any atom is -0.294 e. The second-order valence-corrected chi connectivity index (χ2v) is 7.02. The molecule has 0 bridgehead atoms. The molecule has 0 saturated carbocycles. The van der Waals surface area contributed by atoms with Crippen LogP contribution >= 0.6 is 105 Å². The summed E-state index contributed by atoms with van der Waals surface area (Å²) in [6, 6.07) is 13.9. The van der Waals surface area contributed by atoms with Crippen LogP contribution in [0.1, 0.15) is 41.0 Å². The van der Waals surface area contributed by atoms with Gasteiger partial charge >= 0.3 is 0 Å². The molecule has 0 aliphatic heterocycles. The van der Waals surface area contributed by atoms with E-state index in [4.69, 9.17) is 23.2 Å². The lowest BCUT2D eigenvalue weighted by Gasteiger charge is -2.01. The molecule has 0 fully saturated rings. The monoisotopic (exact) mass is 826 g/mol. The van der Waals surface area contributed by atoms with E-state index in [9.17, 15) is 9.59 Å². The van der Waals surface area contributed by atoms with Crippen molar-refractivity contribution < 1.29 is 9.59 Å². The molecule has 0 N–H and O–H groups in total. The van der Waals surface area contributed by atoms with E-state index in [2.05, 4.69) is 81.4 Å². The van der Waals surface area contributed by atoms with Crippen LogP contribution in [0, 0.1) is 0 Å². The van der Waals surface area contributed by atoms with Crippen LogP contribution in [-0.2, 0) is 0 Å². The predicted molar refractivity (Wildman–Crippen MR) is 146 cm³/mol. The number of carbonyl (C=O) groups is 2. The van der Waals surface area contributed by atoms with Gasteiger partial charge in [0.1, 0.15) is 0 Å². The normalized spacial score (nSPS) is 9.96. The van der Waals surface area contributed by atoms with Gasteiger partial charge in [-0.2, -0.15) is 0 Å². The van der Waals surface area contributed by atoms with E-state index in [1.165, 1.54) is 0 Å². The van der Waals surface area contributed by atoms with Crippen molar-refractivity contribution >= 4 is 116 Å². The Hall–Kier alpha value is 1.26. The van der Waals surface area contributed by atoms with Crippen LogP contribution in [0.4, 0.5) is 0 Å². The number of halogens is 7. The maximum absolute atomic E-state index is 11.4. The van der Waals surface area contributed by atoms with E-state index >= 15 is 0 Å². The molecule has 0 aliphatic rings. The molecule has 27 heavy (non-hydrogen) atoms. The van der Waals surface area contributed by atoms with Crippen LogP contribution in [0.25, 0.3) is 0 Å². The Kier molecular flexibility index (Phi) is 21.7. The van der Waals surface area contributed by atoms with Gasteiger partial charge in [0.2, 0.25) is 0 Å². The van der Waals surface area contributed by atoms with Gasteiger partial charge in [0.25, 0.3) is 0 Å². The zero-order valence-electron chi connectivity index (χ0n) is 14.4. The SMILES string of the molecule is BrBr.CC(Br)C(=O)c1cccc(Cl)c1.CCC(=O)c1cccc(Cl)c1.II. The highest BCUT2D eigenvalue weighted by Crippen LogP contribution is 2.14. The highest BCUT2D eigenvalue weighted by atomic mass is 128. The molecule has 150 valence electrons. The second kappa shape index (κ2) is 19.2. The van der Waals surface area contributed by atoms with Gasteiger partial charge in [0.15, 0.2) is 11.6 Å². The molecular weight excluding hydrogens is 813 g/mol. The largest absolute Gasteiger partial charge is 0.294 e. The lowest BCUT2D eigenvalue weighted by atomic mass is 10.1. The molecule has 1 unspecified atom stereocenters. The molecule has 1 atom stereocenters. The highest BCUT2D eigenvalue weighted by molar-refractivity contribution is 15.0. The third-order valence-electron chi connectivity index (χ3n) is 2.94. The Labute approximate surface area is 217 Å². The van der Waals surface area contributed by atoms with Crippen LogP contribution < -0.4 is 0 Å². The number of hydrogen-bond acceptors (Lipinski definition) is 2. The van der Waals surface area contributed by atoms with Gasteiger partial charge in [-0.3, -0.25) is 9.59 Å². The van der Waals surface area contributed by atoms with Crippen LogP contribution in [-0.4, -0.2) is 16.4 Å². The third kappa shape index (κ3) is 14.0. The molecule has 0 aromatic heterocycles. The Morgan fingerprint density at radius 2 is 1.37 bits per heavy atom. The fourth-order valence-corrected chi connectivity index (χ4v) is 2.38. The van der Waals surface area contributed by atoms with Crippen molar-refractivity contribution in [3.05, 3.63) is 69.7 Å². The Bertz CT molecular complexity index is 702. The summed E-state index contributed by atoms with van der Waals surface area (Å²) in [6.45, 7) is 3.63. The van der Waals surface area contributed by atoms with Crippen molar-refractivity contribution in [1.82, 2.24) is 0 Å². The predicted octanol–water partition coefficient (Wildman–Crippen LogP) is 9.70. The molecule has 2 aromatic rings. The molecule has 2 aromatic carbocycles. The zero-order chi connectivity index (χ0) is 21.4. The van der Waals surface area contributed by atoms with Gasteiger partial charge in [0.05, 0.1) is 4.83 Å². The summed E-state index contributed by atoms with van der Waals surface area (Å²) in [7, 11) is 0. The van der Waals surface area contributed by atoms with Crippen LogP contribution in [0.3, 0.4) is 0 Å². The van der Waals surface area contributed by atoms with E-state index in [1.807, 2.05) is 6.92 Å². The lowest BCUT2D eigenvalue weighted by Crippen LogP contribution is -2.09. The van der Waals surface area contributed by atoms with Crippen molar-refractivity contribution in [2.75, 3.05) is 0 Å². The maximum atomic E-state index is 11.4. The first-order valence-corrected chi connectivity index (χ1v) is 19.0. The molecule has 0 spiro atoms. The van der Waals surface area contributed by atoms with Gasteiger partial charge < -0.3 is 0 Å². The van der Waals surface area contributed by atoms with E-state index in [1.54, 1.807) is 55.5 Å². The first-order valence-electron chi connectivity index (χ1n) is 7.36. The Morgan fingerprint density at radius 3 is 1.74 bits per heavy atom. The highest BCUT2D eigenvalue weighted by Gasteiger charge is 2.11. The summed E-state index contributed by atoms with van der Waals surface area (Å²) in [6.07, 6.45) is 0.528. The maximum Gasteiger partial charge on any atom is 0.176 e. The van der Waals surface area contributed by atoms with Crippen molar-refractivity contribution in [2.45, 2.75) is 25.1 Å². The van der Waals surface area contributed by atoms with Crippen molar-refractivity contribution in [1.29, 1.82) is 0 Å². The van der Waals surface area contributed by atoms with Gasteiger partial charge in [-0.1, -0.05) is 70.3 Å². The summed E-state index contributed by atoms with van der Waals surface area (Å²) in [5.41, 5.74) is 1.34. The molecule has 2 rings (SSSR count). The number of rotatable bonds is 4. The lowest BCUT2D eigenvalue weighted by molar-refractivity contribution is 0.0983. The molecule has 9 heteroatoms. The second-order valence-electron chi connectivity index (χ2n) is 4.78. The Morgan fingerprint density at radius 1 is 0.963 bits per heavy atom. The standard InChI is InChI=1S/C9H8BrClO.C9H9ClO.Br2.I2/c1-6(10)9(12)7-3-2-4-8(11)5-7;1-2-9(11)7-4-3-5-8(10)6-7;2*1-2/h2-6H,1H3;3-6H,2H2,1H3;;. The van der Waals surface area contributed by atoms with Gasteiger partial charge in [-0.05, 0) is 31.2 Å². The molecule has 0 aliphatic carbocycles. The number of Topliss-reactive ketones (excluding diaryl/α,β-unsaturated/α-hetero) is 2. The van der Waals surface area contributed by atoms with E-state index < -0.39 is 0 Å². The van der Waals surface area contributed by atoms with Crippen LogP contribution in [0.15, 0.2) is 48.5 Å². The number of hydrogen-bond donors (Lipinski definition) is 0. The van der Waals surface area contributed by atoms with Gasteiger partial charge in [-0.15, -0.1) is 0 Å². The average molecular weight is 830 g/mol. The fraction of sp³-hybridized carbons (Fsp3) is 0.222. The molecule has 0 heterocycles. The third-order valence-corrected chi connectivity index (χ3v) is 3.82. The number of ketones is 2. The molecular formula is C18H17Br3Cl2I2O2. The first kappa shape index (κ1) is 30.5.